The molecule has 94 valence electrons. The second-order valence-electron chi connectivity index (χ2n) is 5.47. The van der Waals surface area contributed by atoms with Crippen LogP contribution < -0.4 is 16.4 Å². The van der Waals surface area contributed by atoms with Gasteiger partial charge in [0.2, 0.25) is 6.71 Å². The SMILES string of the molecule is Cc1cccc2c1-c1ccccc1B2c1ccccc1. The topological polar surface area (TPSA) is 0 Å². The Morgan fingerprint density at radius 1 is 0.650 bits per heavy atom. The zero-order chi connectivity index (χ0) is 13.5. The summed E-state index contributed by atoms with van der Waals surface area (Å²) in [5.74, 6) is 0. The maximum absolute atomic E-state index is 2.28. The Bertz CT molecular complexity index is 775. The maximum Gasteiger partial charge on any atom is 0.242 e. The van der Waals surface area contributed by atoms with Crippen molar-refractivity contribution >= 4 is 23.1 Å². The molecule has 0 atom stereocenters. The number of aryl methyl sites for hydroxylation is 1. The van der Waals surface area contributed by atoms with Gasteiger partial charge in [-0.25, -0.2) is 0 Å². The molecule has 4 rings (SSSR count). The van der Waals surface area contributed by atoms with Gasteiger partial charge in [-0.2, -0.15) is 0 Å². The minimum Gasteiger partial charge on any atom is -0.0686 e. The van der Waals surface area contributed by atoms with E-state index in [9.17, 15) is 0 Å². The minimum absolute atomic E-state index is 0.377. The molecule has 20 heavy (non-hydrogen) atoms. The summed E-state index contributed by atoms with van der Waals surface area (Å²) in [6, 6.07) is 26.3. The van der Waals surface area contributed by atoms with E-state index in [1.165, 1.54) is 33.1 Å². The standard InChI is InChI=1S/C19H15B/c1-14-8-7-13-18-19(14)16-11-5-6-12-17(16)20(18)15-9-3-2-4-10-15/h2-13H,1H3. The Morgan fingerprint density at radius 3 is 2.20 bits per heavy atom. The van der Waals surface area contributed by atoms with Crippen LogP contribution in [0.25, 0.3) is 11.1 Å². The van der Waals surface area contributed by atoms with Crippen LogP contribution >= 0.6 is 0 Å². The molecule has 0 fully saturated rings. The van der Waals surface area contributed by atoms with E-state index in [0.717, 1.165) is 0 Å². The molecular weight excluding hydrogens is 239 g/mol. The summed E-state index contributed by atoms with van der Waals surface area (Å²) in [6.07, 6.45) is 0. The molecule has 1 aliphatic rings. The van der Waals surface area contributed by atoms with Crippen molar-refractivity contribution in [2.24, 2.45) is 0 Å². The summed E-state index contributed by atoms with van der Waals surface area (Å²) in [5.41, 5.74) is 8.45. The predicted molar refractivity (Wildman–Crippen MR) is 87.7 cm³/mol. The van der Waals surface area contributed by atoms with Crippen molar-refractivity contribution < 1.29 is 0 Å². The van der Waals surface area contributed by atoms with Gasteiger partial charge in [0.1, 0.15) is 0 Å². The highest BCUT2D eigenvalue weighted by molar-refractivity contribution is 6.99. The Labute approximate surface area is 120 Å². The van der Waals surface area contributed by atoms with Gasteiger partial charge in [0.15, 0.2) is 0 Å². The number of rotatable bonds is 1. The van der Waals surface area contributed by atoms with Gasteiger partial charge in [-0.05, 0) is 23.6 Å². The van der Waals surface area contributed by atoms with Crippen LogP contribution in [0.4, 0.5) is 0 Å². The summed E-state index contributed by atoms with van der Waals surface area (Å²) in [6.45, 7) is 2.59. The van der Waals surface area contributed by atoms with Crippen molar-refractivity contribution in [2.75, 3.05) is 0 Å². The van der Waals surface area contributed by atoms with Crippen LogP contribution in [0.1, 0.15) is 5.56 Å². The van der Waals surface area contributed by atoms with Gasteiger partial charge in [0.25, 0.3) is 0 Å². The van der Waals surface area contributed by atoms with Gasteiger partial charge < -0.3 is 0 Å². The van der Waals surface area contributed by atoms with Gasteiger partial charge in [-0.15, -0.1) is 0 Å². The number of fused-ring (bicyclic) bond motifs is 3. The lowest BCUT2D eigenvalue weighted by Gasteiger charge is -2.10. The second-order valence-corrected chi connectivity index (χ2v) is 5.47. The predicted octanol–water partition coefficient (Wildman–Crippen LogP) is 2.49. The summed E-state index contributed by atoms with van der Waals surface area (Å²) in [7, 11) is 0. The fourth-order valence-corrected chi connectivity index (χ4v) is 3.45. The number of hydrogen-bond donors (Lipinski definition) is 0. The molecule has 0 aromatic heterocycles. The Hall–Kier alpha value is -2.28. The van der Waals surface area contributed by atoms with Crippen molar-refractivity contribution in [3.05, 3.63) is 78.4 Å². The first-order valence-electron chi connectivity index (χ1n) is 7.10. The first kappa shape index (κ1) is 11.5. The van der Waals surface area contributed by atoms with E-state index in [-0.39, 0.29) is 0 Å². The van der Waals surface area contributed by atoms with Crippen molar-refractivity contribution in [2.45, 2.75) is 6.92 Å². The molecule has 0 aliphatic carbocycles. The summed E-state index contributed by atoms with van der Waals surface area (Å²) in [4.78, 5) is 0. The third-order valence-electron chi connectivity index (χ3n) is 4.29. The van der Waals surface area contributed by atoms with Crippen LogP contribution in [0.15, 0.2) is 72.8 Å². The minimum atomic E-state index is 0.377. The zero-order valence-electron chi connectivity index (χ0n) is 11.5. The first-order chi connectivity index (χ1) is 9.86. The lowest BCUT2D eigenvalue weighted by atomic mass is 9.39. The van der Waals surface area contributed by atoms with E-state index in [4.69, 9.17) is 0 Å². The molecule has 0 bridgehead atoms. The van der Waals surface area contributed by atoms with E-state index >= 15 is 0 Å². The molecule has 0 N–H and O–H groups in total. The molecule has 0 spiro atoms. The molecule has 0 nitrogen and oxygen atoms in total. The first-order valence-corrected chi connectivity index (χ1v) is 7.10. The molecule has 0 unspecified atom stereocenters. The Balaban J connectivity index is 2.05. The van der Waals surface area contributed by atoms with E-state index in [1.54, 1.807) is 0 Å². The lowest BCUT2D eigenvalue weighted by Crippen LogP contribution is -2.48. The average Bonchev–Trinajstić information content (AvgIpc) is 2.84. The second kappa shape index (κ2) is 4.38. The molecule has 1 heterocycles. The number of benzene rings is 3. The summed E-state index contributed by atoms with van der Waals surface area (Å²) in [5, 5.41) is 0. The van der Waals surface area contributed by atoms with Crippen LogP contribution in [-0.4, -0.2) is 6.71 Å². The molecule has 1 heteroatoms. The third-order valence-corrected chi connectivity index (χ3v) is 4.29. The van der Waals surface area contributed by atoms with Crippen molar-refractivity contribution in [1.29, 1.82) is 0 Å². The van der Waals surface area contributed by atoms with Gasteiger partial charge in [0.05, 0.1) is 0 Å². The monoisotopic (exact) mass is 254 g/mol. The Kier molecular flexibility index (Phi) is 2.53. The molecule has 0 saturated carbocycles. The molecule has 1 aliphatic heterocycles. The smallest absolute Gasteiger partial charge is 0.0686 e. The highest BCUT2D eigenvalue weighted by Crippen LogP contribution is 2.25. The number of hydrogen-bond acceptors (Lipinski definition) is 0. The fraction of sp³-hybridized carbons (Fsp3) is 0.0526. The summed E-state index contributed by atoms with van der Waals surface area (Å²) >= 11 is 0. The molecule has 0 amide bonds. The Morgan fingerprint density at radius 2 is 1.35 bits per heavy atom. The van der Waals surface area contributed by atoms with Gasteiger partial charge in [0, 0.05) is 0 Å². The quantitative estimate of drug-likeness (QED) is 0.458. The highest BCUT2D eigenvalue weighted by Gasteiger charge is 2.33. The highest BCUT2D eigenvalue weighted by atomic mass is 14.2. The molecule has 3 aromatic rings. The van der Waals surface area contributed by atoms with Crippen LogP contribution in [0, 0.1) is 6.92 Å². The molecular formula is C19H15B. The van der Waals surface area contributed by atoms with Crippen molar-refractivity contribution in [3.63, 3.8) is 0 Å². The van der Waals surface area contributed by atoms with E-state index in [1.807, 2.05) is 0 Å². The van der Waals surface area contributed by atoms with E-state index in [2.05, 4.69) is 79.7 Å². The van der Waals surface area contributed by atoms with Gasteiger partial charge in [-0.1, -0.05) is 89.2 Å². The van der Waals surface area contributed by atoms with Crippen LogP contribution in [0.5, 0.6) is 0 Å². The average molecular weight is 254 g/mol. The molecule has 0 saturated heterocycles. The van der Waals surface area contributed by atoms with E-state index < -0.39 is 0 Å². The molecule has 0 radical (unpaired) electrons. The van der Waals surface area contributed by atoms with E-state index in [0.29, 0.717) is 6.71 Å². The van der Waals surface area contributed by atoms with Crippen LogP contribution in [0.3, 0.4) is 0 Å². The van der Waals surface area contributed by atoms with Gasteiger partial charge >= 0.3 is 0 Å². The molecule has 3 aromatic carbocycles. The third kappa shape index (κ3) is 1.56. The van der Waals surface area contributed by atoms with Crippen LogP contribution in [-0.2, 0) is 0 Å². The normalized spacial score (nSPS) is 12.2. The van der Waals surface area contributed by atoms with Crippen molar-refractivity contribution in [3.8, 4) is 11.1 Å². The maximum atomic E-state index is 2.28. The largest absolute Gasteiger partial charge is 0.242 e. The fourth-order valence-electron chi connectivity index (χ4n) is 3.45. The van der Waals surface area contributed by atoms with Crippen molar-refractivity contribution in [1.82, 2.24) is 0 Å². The lowest BCUT2D eigenvalue weighted by molar-refractivity contribution is 1.49. The zero-order valence-corrected chi connectivity index (χ0v) is 11.5. The van der Waals surface area contributed by atoms with Gasteiger partial charge in [-0.3, -0.25) is 0 Å². The van der Waals surface area contributed by atoms with Crippen LogP contribution in [0.2, 0.25) is 0 Å². The summed E-state index contributed by atoms with van der Waals surface area (Å²) < 4.78 is 0.